The van der Waals surface area contributed by atoms with E-state index in [0.717, 1.165) is 44.6 Å². The molecule has 0 bridgehead atoms. The first-order valence-electron chi connectivity index (χ1n) is 12.3. The van der Waals surface area contributed by atoms with Crippen LogP contribution in [-0.4, -0.2) is 6.88 Å². The van der Waals surface area contributed by atoms with E-state index in [0.29, 0.717) is 0 Å². The van der Waals surface area contributed by atoms with Crippen LogP contribution in [-0.2, 0) is 23.3 Å². The molecule has 2 heterocycles. The SMILES string of the molecule is Cl.Cl.[CH3-].[CH3-].[Si]=[Zr].c1ccc2[cH-]c(-c3cc4ccccc4o3)cc2c1.c1ccc2[cH-]c(-c3cc4ccccc4o3)cc2c1. The zero-order valence-electron chi connectivity index (χ0n) is 23.3. The maximum atomic E-state index is 5.88. The van der Waals surface area contributed by atoms with Crippen molar-refractivity contribution in [3.05, 3.63) is 148 Å². The molecular weight excluding hydrogens is 655 g/mol. The van der Waals surface area contributed by atoms with E-state index < -0.39 is 0 Å². The Hall–Kier alpha value is -3.14. The van der Waals surface area contributed by atoms with Gasteiger partial charge in [0, 0.05) is 10.8 Å². The summed E-state index contributed by atoms with van der Waals surface area (Å²) in [5.74, 6) is 1.87. The van der Waals surface area contributed by atoms with Crippen LogP contribution in [0, 0.1) is 14.9 Å². The first kappa shape index (κ1) is 35.1. The topological polar surface area (TPSA) is 26.3 Å². The molecule has 0 saturated heterocycles. The summed E-state index contributed by atoms with van der Waals surface area (Å²) in [4.78, 5) is 0. The van der Waals surface area contributed by atoms with Gasteiger partial charge in [0.25, 0.3) is 0 Å². The van der Waals surface area contributed by atoms with Crippen LogP contribution in [0.1, 0.15) is 0 Å². The number of rotatable bonds is 2. The second kappa shape index (κ2) is 15.9. The van der Waals surface area contributed by atoms with Crippen LogP contribution in [0.2, 0.25) is 0 Å². The average Bonchev–Trinajstić information content (AvgIpc) is 3.77. The van der Waals surface area contributed by atoms with Crippen molar-refractivity contribution in [2.75, 3.05) is 0 Å². The van der Waals surface area contributed by atoms with Crippen molar-refractivity contribution in [3.8, 4) is 22.6 Å². The zero-order valence-corrected chi connectivity index (χ0v) is 28.4. The molecule has 0 spiro atoms. The van der Waals surface area contributed by atoms with Crippen molar-refractivity contribution in [2.24, 2.45) is 0 Å². The van der Waals surface area contributed by atoms with E-state index in [1.165, 1.54) is 44.9 Å². The molecule has 0 fully saturated rings. The van der Waals surface area contributed by atoms with Gasteiger partial charge in [0.05, 0.1) is 11.5 Å². The Balaban J connectivity index is 0.000000254. The number of hydrogen-bond donors (Lipinski definition) is 0. The van der Waals surface area contributed by atoms with Gasteiger partial charge in [-0.1, -0.05) is 83.9 Å². The molecule has 0 unspecified atom stereocenters. The van der Waals surface area contributed by atoms with Crippen molar-refractivity contribution in [2.45, 2.75) is 0 Å². The number of fused-ring (bicyclic) bond motifs is 4. The Morgan fingerprint density at radius 1 is 0.452 bits per heavy atom. The number of hydrogen-bond acceptors (Lipinski definition) is 2. The van der Waals surface area contributed by atoms with Gasteiger partial charge < -0.3 is 23.7 Å². The predicted octanol–water partition coefficient (Wildman–Crippen LogP) is 11.3. The van der Waals surface area contributed by atoms with Crippen molar-refractivity contribution in [1.82, 2.24) is 0 Å². The summed E-state index contributed by atoms with van der Waals surface area (Å²) >= 11 is 1.36. The van der Waals surface area contributed by atoms with Gasteiger partial charge in [-0.25, -0.2) is 0 Å². The van der Waals surface area contributed by atoms with Crippen LogP contribution >= 0.6 is 24.8 Å². The second-order valence-corrected chi connectivity index (χ2v) is 9.04. The van der Waals surface area contributed by atoms with E-state index in [-0.39, 0.29) is 39.7 Å². The third-order valence-corrected chi connectivity index (χ3v) is 6.66. The summed E-state index contributed by atoms with van der Waals surface area (Å²) in [6.07, 6.45) is 0. The van der Waals surface area contributed by atoms with Gasteiger partial charge >= 0.3 is 30.2 Å². The van der Waals surface area contributed by atoms with E-state index in [1.54, 1.807) is 0 Å². The predicted molar refractivity (Wildman–Crippen MR) is 183 cm³/mol. The van der Waals surface area contributed by atoms with Crippen molar-refractivity contribution < 1.29 is 32.2 Å². The monoisotopic (exact) mass is 682 g/mol. The fraction of sp³-hybridized carbons (Fsp3) is 0. The minimum Gasteiger partial charge on any atom is -0.491 e. The molecule has 0 aliphatic carbocycles. The minimum absolute atomic E-state index is 0. The Kier molecular flexibility index (Phi) is 13.3. The zero-order chi connectivity index (χ0) is 25.9. The largest absolute Gasteiger partial charge is 0.491 e. The standard InChI is InChI=1S/2C17H11O.2CH3.2ClH.Si.Zr/c2*1-2-6-13-10-15(9-12(13)5-1)17-11-14-7-3-4-8-16(14)18-17;;;;;;/h2*1-11H;2*1H3;2*1H;;/q4*-1;;;;. The summed E-state index contributed by atoms with van der Waals surface area (Å²) in [5.41, 5.74) is 4.18. The van der Waals surface area contributed by atoms with E-state index in [4.69, 9.17) is 8.83 Å². The van der Waals surface area contributed by atoms with Crippen LogP contribution in [0.15, 0.2) is 142 Å². The van der Waals surface area contributed by atoms with Gasteiger partial charge in [-0.3, -0.25) is 0 Å². The van der Waals surface area contributed by atoms with Crippen LogP contribution in [0.4, 0.5) is 0 Å². The maximum Gasteiger partial charge on any atom is 0.123 e. The van der Waals surface area contributed by atoms with Crippen LogP contribution in [0.3, 0.4) is 0 Å². The summed E-state index contributed by atoms with van der Waals surface area (Å²) in [6, 6.07) is 45.9. The summed E-state index contributed by atoms with van der Waals surface area (Å²) in [7, 11) is 0. The van der Waals surface area contributed by atoms with E-state index in [1.807, 2.05) is 36.4 Å². The normalized spacial score (nSPS) is 9.79. The molecule has 0 amide bonds. The van der Waals surface area contributed by atoms with Gasteiger partial charge in [0.2, 0.25) is 0 Å². The maximum absolute atomic E-state index is 5.88. The molecule has 0 aliphatic heterocycles. The summed E-state index contributed by atoms with van der Waals surface area (Å²) in [6.45, 7) is 3.06. The Labute approximate surface area is 276 Å². The molecule has 6 heteroatoms. The quantitative estimate of drug-likeness (QED) is 0.134. The number of halogens is 2. The molecule has 6 aromatic carbocycles. The van der Waals surface area contributed by atoms with Crippen molar-refractivity contribution >= 4 is 75.2 Å². The van der Waals surface area contributed by atoms with E-state index >= 15 is 0 Å². The van der Waals surface area contributed by atoms with E-state index in [2.05, 4.69) is 104 Å². The summed E-state index contributed by atoms with van der Waals surface area (Å²) in [5, 5.41) is 7.33. The third kappa shape index (κ3) is 7.25. The van der Waals surface area contributed by atoms with Crippen LogP contribution in [0.25, 0.3) is 66.1 Å². The van der Waals surface area contributed by atoms with Crippen molar-refractivity contribution in [1.29, 1.82) is 0 Å². The first-order valence-corrected chi connectivity index (χ1v) is 16.5. The number of furan rings is 2. The molecular formula is C36H30Cl2O2SiZr-4. The molecule has 8 rings (SSSR count). The number of para-hydroxylation sites is 2. The molecule has 212 valence electrons. The van der Waals surface area contributed by atoms with Gasteiger partial charge in [-0.15, -0.1) is 82.8 Å². The molecule has 0 atom stereocenters. The molecule has 0 aliphatic rings. The van der Waals surface area contributed by atoms with Gasteiger partial charge in [0.15, 0.2) is 0 Å². The second-order valence-electron chi connectivity index (χ2n) is 9.04. The minimum atomic E-state index is 0. The smallest absolute Gasteiger partial charge is 0.123 e. The van der Waals surface area contributed by atoms with Gasteiger partial charge in [0.1, 0.15) is 11.2 Å². The third-order valence-electron chi connectivity index (χ3n) is 6.66. The Morgan fingerprint density at radius 3 is 1.14 bits per heavy atom. The van der Waals surface area contributed by atoms with Crippen LogP contribution < -0.4 is 0 Å². The molecule has 0 N–H and O–H groups in total. The molecule has 2 radical (unpaired) electrons. The van der Waals surface area contributed by atoms with Crippen molar-refractivity contribution in [3.63, 3.8) is 0 Å². The summed E-state index contributed by atoms with van der Waals surface area (Å²) < 4.78 is 11.8. The van der Waals surface area contributed by atoms with Gasteiger partial charge in [-0.2, -0.15) is 0 Å². The van der Waals surface area contributed by atoms with Crippen LogP contribution in [0.5, 0.6) is 0 Å². The fourth-order valence-corrected chi connectivity index (χ4v) is 4.83. The molecule has 8 aromatic rings. The fourth-order valence-electron chi connectivity index (χ4n) is 4.83. The van der Waals surface area contributed by atoms with Gasteiger partial charge in [-0.05, 0) is 24.3 Å². The molecule has 2 aromatic heterocycles. The van der Waals surface area contributed by atoms with E-state index in [9.17, 15) is 0 Å². The molecule has 0 saturated carbocycles. The Morgan fingerprint density at radius 2 is 0.786 bits per heavy atom. The molecule has 2 nitrogen and oxygen atoms in total. The molecule has 42 heavy (non-hydrogen) atoms. The first-order chi connectivity index (χ1) is 18.8. The Bertz CT molecular complexity index is 1580. The number of benzene rings is 4. The average molecular weight is 685 g/mol.